The summed E-state index contributed by atoms with van der Waals surface area (Å²) in [5.41, 5.74) is 1.15. The van der Waals surface area contributed by atoms with E-state index in [1.165, 1.54) is 17.0 Å². The molecule has 1 saturated heterocycles. The zero-order valence-electron chi connectivity index (χ0n) is 15.6. The van der Waals surface area contributed by atoms with Crippen LogP contribution < -0.4 is 4.90 Å². The average molecular weight is 389 g/mol. The molecule has 2 aromatic carbocycles. The number of fused-ring (bicyclic) bond motifs is 1. The van der Waals surface area contributed by atoms with Gasteiger partial charge in [0.2, 0.25) is 11.8 Å². The van der Waals surface area contributed by atoms with Crippen molar-refractivity contribution in [3.63, 3.8) is 0 Å². The summed E-state index contributed by atoms with van der Waals surface area (Å²) in [4.78, 5) is 50.7. The summed E-state index contributed by atoms with van der Waals surface area (Å²) in [6, 6.07) is 14.7. The third kappa shape index (κ3) is 3.61. The molecule has 0 N–H and O–H groups in total. The van der Waals surface area contributed by atoms with Crippen LogP contribution >= 0.6 is 0 Å². The summed E-state index contributed by atoms with van der Waals surface area (Å²) in [6.45, 7) is -0.357. The van der Waals surface area contributed by atoms with E-state index < -0.39 is 5.97 Å². The van der Waals surface area contributed by atoms with Crippen LogP contribution in [-0.2, 0) is 14.3 Å². The van der Waals surface area contributed by atoms with Crippen molar-refractivity contribution in [3.8, 4) is 0 Å². The van der Waals surface area contributed by atoms with Gasteiger partial charge in [0.15, 0.2) is 12.4 Å². The van der Waals surface area contributed by atoms with Crippen LogP contribution in [0.2, 0.25) is 0 Å². The van der Waals surface area contributed by atoms with E-state index in [9.17, 15) is 19.2 Å². The highest BCUT2D eigenvalue weighted by atomic mass is 16.5. The largest absolute Gasteiger partial charge is 0.454 e. The standard InChI is InChI=1S/C23H19NO5/c25-20(15-6-2-1-3-7-15)14-29-23(28)16-10-12-17(13-11-16)24-21(26)18-8-4-5-9-19(18)22(24)27/h1-7,10-13,18-19H,8-9,14H2/t18-,19-/m0/s1. The molecule has 2 atom stereocenters. The number of carbonyl (C=O) groups excluding carboxylic acids is 4. The zero-order chi connectivity index (χ0) is 20.4. The third-order valence-electron chi connectivity index (χ3n) is 5.30. The zero-order valence-corrected chi connectivity index (χ0v) is 15.6. The molecular formula is C23H19NO5. The number of benzene rings is 2. The summed E-state index contributed by atoms with van der Waals surface area (Å²) in [5, 5.41) is 0. The number of amides is 2. The maximum atomic E-state index is 12.6. The normalized spacial score (nSPS) is 20.5. The molecular weight excluding hydrogens is 370 g/mol. The summed E-state index contributed by atoms with van der Waals surface area (Å²) >= 11 is 0. The first-order valence-corrected chi connectivity index (χ1v) is 9.44. The van der Waals surface area contributed by atoms with Crippen molar-refractivity contribution in [2.75, 3.05) is 11.5 Å². The Kier molecular flexibility index (Phi) is 5.08. The van der Waals surface area contributed by atoms with Gasteiger partial charge in [0, 0.05) is 5.56 Å². The molecule has 6 nitrogen and oxygen atoms in total. The Labute approximate surface area is 167 Å². The molecule has 6 heteroatoms. The summed E-state index contributed by atoms with van der Waals surface area (Å²) in [6.07, 6.45) is 5.02. The second-order valence-electron chi connectivity index (χ2n) is 7.08. The molecule has 29 heavy (non-hydrogen) atoms. The van der Waals surface area contributed by atoms with Gasteiger partial charge in [-0.05, 0) is 37.1 Å². The first-order chi connectivity index (χ1) is 14.1. The van der Waals surface area contributed by atoms with E-state index in [1.54, 1.807) is 42.5 Å². The highest BCUT2D eigenvalue weighted by Gasteiger charge is 2.47. The third-order valence-corrected chi connectivity index (χ3v) is 5.30. The molecule has 1 fully saturated rings. The Bertz CT molecular complexity index is 968. The minimum atomic E-state index is -0.641. The summed E-state index contributed by atoms with van der Waals surface area (Å²) in [5.74, 6) is -1.94. The number of Topliss-reactive ketones (excluding diaryl/α,β-unsaturated/α-hetero) is 1. The van der Waals surface area contributed by atoms with Crippen LogP contribution in [0.25, 0.3) is 0 Å². The van der Waals surface area contributed by atoms with Crippen LogP contribution in [0, 0.1) is 11.8 Å². The predicted octanol–water partition coefficient (Wildman–Crippen LogP) is 3.18. The number of anilines is 1. The molecule has 0 saturated carbocycles. The molecule has 0 unspecified atom stereocenters. The van der Waals surface area contributed by atoms with Gasteiger partial charge in [0.1, 0.15) is 0 Å². The van der Waals surface area contributed by atoms with Crippen LogP contribution in [0.15, 0.2) is 66.7 Å². The lowest BCUT2D eigenvalue weighted by Gasteiger charge is -2.15. The first kappa shape index (κ1) is 18.8. The minimum absolute atomic E-state index is 0.201. The highest BCUT2D eigenvalue weighted by molar-refractivity contribution is 6.22. The van der Waals surface area contributed by atoms with Gasteiger partial charge in [-0.25, -0.2) is 4.79 Å². The molecule has 1 aliphatic carbocycles. The number of imide groups is 1. The molecule has 4 rings (SSSR count). The van der Waals surface area contributed by atoms with Crippen molar-refractivity contribution < 1.29 is 23.9 Å². The lowest BCUT2D eigenvalue weighted by atomic mass is 9.85. The molecule has 1 heterocycles. The Morgan fingerprint density at radius 2 is 1.41 bits per heavy atom. The van der Waals surface area contributed by atoms with Crippen LogP contribution in [-0.4, -0.2) is 30.2 Å². The van der Waals surface area contributed by atoms with E-state index in [4.69, 9.17) is 4.74 Å². The van der Waals surface area contributed by atoms with Gasteiger partial charge in [-0.15, -0.1) is 0 Å². The SMILES string of the molecule is O=C(COC(=O)c1ccc(N2C(=O)[C@H]3CC=CC[C@@H]3C2=O)cc1)c1ccccc1. The molecule has 1 aliphatic heterocycles. The van der Waals surface area contributed by atoms with E-state index in [1.807, 2.05) is 12.2 Å². The second-order valence-corrected chi connectivity index (χ2v) is 7.08. The lowest BCUT2D eigenvalue weighted by molar-refractivity contribution is -0.122. The van der Waals surface area contributed by atoms with Gasteiger partial charge in [0.05, 0.1) is 23.1 Å². The number of carbonyl (C=O) groups is 4. The molecule has 2 amide bonds. The van der Waals surface area contributed by atoms with E-state index in [-0.39, 0.29) is 41.6 Å². The number of esters is 1. The van der Waals surface area contributed by atoms with Gasteiger partial charge < -0.3 is 4.74 Å². The van der Waals surface area contributed by atoms with Crippen molar-refractivity contribution in [2.24, 2.45) is 11.8 Å². The van der Waals surface area contributed by atoms with Crippen LogP contribution in [0.4, 0.5) is 5.69 Å². The fourth-order valence-electron chi connectivity index (χ4n) is 3.72. The molecule has 0 spiro atoms. The van der Waals surface area contributed by atoms with Gasteiger partial charge in [-0.1, -0.05) is 42.5 Å². The Morgan fingerprint density at radius 1 is 0.828 bits per heavy atom. The van der Waals surface area contributed by atoms with Gasteiger partial charge in [-0.2, -0.15) is 0 Å². The molecule has 0 bridgehead atoms. The van der Waals surface area contributed by atoms with Gasteiger partial charge >= 0.3 is 5.97 Å². The van der Waals surface area contributed by atoms with Crippen LogP contribution in [0.1, 0.15) is 33.6 Å². The van der Waals surface area contributed by atoms with E-state index >= 15 is 0 Å². The quantitative estimate of drug-likeness (QED) is 0.340. The maximum absolute atomic E-state index is 12.6. The number of rotatable bonds is 5. The van der Waals surface area contributed by atoms with Crippen molar-refractivity contribution in [1.82, 2.24) is 0 Å². The monoisotopic (exact) mass is 389 g/mol. The fourth-order valence-corrected chi connectivity index (χ4v) is 3.72. The fraction of sp³-hybridized carbons (Fsp3) is 0.217. The minimum Gasteiger partial charge on any atom is -0.454 e. The summed E-state index contributed by atoms with van der Waals surface area (Å²) < 4.78 is 5.08. The topological polar surface area (TPSA) is 80.8 Å². The maximum Gasteiger partial charge on any atom is 0.338 e. The smallest absolute Gasteiger partial charge is 0.338 e. The Morgan fingerprint density at radius 3 is 2.00 bits per heavy atom. The number of allylic oxidation sites excluding steroid dienone is 2. The number of ketones is 1. The summed E-state index contributed by atoms with van der Waals surface area (Å²) in [7, 11) is 0. The molecule has 2 aliphatic rings. The molecule has 0 aromatic heterocycles. The van der Waals surface area contributed by atoms with E-state index in [0.29, 0.717) is 24.1 Å². The van der Waals surface area contributed by atoms with Crippen LogP contribution in [0.3, 0.4) is 0 Å². The van der Waals surface area contributed by atoms with Crippen LogP contribution in [0.5, 0.6) is 0 Å². The van der Waals surface area contributed by atoms with Crippen molar-refractivity contribution in [1.29, 1.82) is 0 Å². The second kappa shape index (κ2) is 7.83. The number of nitrogens with zero attached hydrogens (tertiary/aromatic N) is 1. The Balaban J connectivity index is 1.41. The number of hydrogen-bond donors (Lipinski definition) is 0. The number of ether oxygens (including phenoxy) is 1. The molecule has 146 valence electrons. The first-order valence-electron chi connectivity index (χ1n) is 9.44. The van der Waals surface area contributed by atoms with Crippen molar-refractivity contribution in [3.05, 3.63) is 77.9 Å². The van der Waals surface area contributed by atoms with Gasteiger partial charge in [0.25, 0.3) is 0 Å². The Hall–Kier alpha value is -3.54. The van der Waals surface area contributed by atoms with E-state index in [0.717, 1.165) is 0 Å². The lowest BCUT2D eigenvalue weighted by Crippen LogP contribution is -2.30. The van der Waals surface area contributed by atoms with E-state index in [2.05, 4.69) is 0 Å². The van der Waals surface area contributed by atoms with Crippen molar-refractivity contribution in [2.45, 2.75) is 12.8 Å². The average Bonchev–Trinajstić information content (AvgIpc) is 3.03. The predicted molar refractivity (Wildman–Crippen MR) is 105 cm³/mol. The number of hydrogen-bond acceptors (Lipinski definition) is 5. The molecule has 0 radical (unpaired) electrons. The van der Waals surface area contributed by atoms with Gasteiger partial charge in [-0.3, -0.25) is 19.3 Å². The highest BCUT2D eigenvalue weighted by Crippen LogP contribution is 2.37. The molecule has 2 aromatic rings. The van der Waals surface area contributed by atoms with Crippen molar-refractivity contribution >= 4 is 29.3 Å².